The van der Waals surface area contributed by atoms with Gasteiger partial charge in [0.1, 0.15) is 0 Å². The van der Waals surface area contributed by atoms with Crippen LogP contribution in [0.3, 0.4) is 0 Å². The molecule has 0 radical (unpaired) electrons. The maximum atomic E-state index is 6.40. The predicted molar refractivity (Wildman–Crippen MR) is 120 cm³/mol. The molecule has 0 amide bonds. The van der Waals surface area contributed by atoms with E-state index in [4.69, 9.17) is 11.6 Å². The van der Waals surface area contributed by atoms with Crippen molar-refractivity contribution in [2.75, 3.05) is 10.6 Å². The lowest BCUT2D eigenvalue weighted by Crippen LogP contribution is -2.37. The topological polar surface area (TPSA) is 72.8 Å². The molecule has 1 aromatic carbocycles. The summed E-state index contributed by atoms with van der Waals surface area (Å²) < 4.78 is 0. The van der Waals surface area contributed by atoms with Crippen LogP contribution >= 0.6 is 11.6 Å². The Bertz CT molecular complexity index is 650. The molecular formula is C20H35ClN6. The van der Waals surface area contributed by atoms with Crippen LogP contribution in [0.2, 0.25) is 5.02 Å². The third-order valence-electron chi connectivity index (χ3n) is 3.11. The molecule has 0 saturated heterocycles. The molecule has 0 aliphatic rings. The van der Waals surface area contributed by atoms with Crippen LogP contribution in [0.25, 0.3) is 0 Å². The highest BCUT2D eigenvalue weighted by molar-refractivity contribution is 6.34. The summed E-state index contributed by atoms with van der Waals surface area (Å²) in [6, 6.07) is 6.63. The summed E-state index contributed by atoms with van der Waals surface area (Å²) >= 11 is 6.40. The van der Waals surface area contributed by atoms with Crippen LogP contribution in [-0.2, 0) is 0 Å². The number of benzene rings is 1. The molecule has 0 fully saturated rings. The van der Waals surface area contributed by atoms with E-state index in [1.165, 1.54) is 0 Å². The van der Waals surface area contributed by atoms with E-state index in [-0.39, 0.29) is 24.2 Å². The number of halogens is 1. The fourth-order valence-corrected chi connectivity index (χ4v) is 2.40. The zero-order valence-electron chi connectivity index (χ0n) is 17.8. The van der Waals surface area contributed by atoms with Crippen molar-refractivity contribution in [1.82, 2.24) is 10.6 Å². The summed E-state index contributed by atoms with van der Waals surface area (Å²) in [4.78, 5) is 9.21. The van der Waals surface area contributed by atoms with E-state index in [0.717, 1.165) is 17.3 Å². The molecule has 0 heterocycles. The SMILES string of the molecule is CC(C)N=C(Nc1ccc(Cl)c(NC(=NC(C)C)NC(C)C)c1)NC(C)C. The van der Waals surface area contributed by atoms with Crippen LogP contribution in [0.4, 0.5) is 11.4 Å². The molecule has 0 aromatic heterocycles. The van der Waals surface area contributed by atoms with Crippen LogP contribution in [0.5, 0.6) is 0 Å². The normalized spacial score (nSPS) is 12.9. The van der Waals surface area contributed by atoms with Gasteiger partial charge in [-0.15, -0.1) is 0 Å². The van der Waals surface area contributed by atoms with Gasteiger partial charge in [-0.3, -0.25) is 9.98 Å². The Kier molecular flexibility index (Phi) is 9.43. The zero-order chi connectivity index (χ0) is 20.6. The van der Waals surface area contributed by atoms with Gasteiger partial charge in [0.15, 0.2) is 11.9 Å². The largest absolute Gasteiger partial charge is 0.354 e. The summed E-state index contributed by atoms with van der Waals surface area (Å²) in [5.74, 6) is 1.44. The van der Waals surface area contributed by atoms with Crippen LogP contribution in [0, 0.1) is 0 Å². The number of nitrogens with zero attached hydrogens (tertiary/aromatic N) is 2. The number of guanidine groups is 2. The molecule has 6 nitrogen and oxygen atoms in total. The van der Waals surface area contributed by atoms with E-state index in [1.54, 1.807) is 0 Å². The summed E-state index contributed by atoms with van der Waals surface area (Å²) in [5.41, 5.74) is 1.67. The highest BCUT2D eigenvalue weighted by atomic mass is 35.5. The van der Waals surface area contributed by atoms with Gasteiger partial charge in [-0.25, -0.2) is 0 Å². The van der Waals surface area contributed by atoms with Crippen molar-refractivity contribution in [3.63, 3.8) is 0 Å². The van der Waals surface area contributed by atoms with Gasteiger partial charge in [0, 0.05) is 29.9 Å². The van der Waals surface area contributed by atoms with E-state index in [9.17, 15) is 0 Å². The first kappa shape index (κ1) is 23.1. The standard InChI is InChI=1S/C20H35ClN6/c1-12(2)22-19(23-13(3)4)26-16-9-10-17(21)18(11-16)27-20(24-14(5)6)25-15(7)8/h9-15H,1-8H3,(H2,22,23,26)(H2,24,25,27). The maximum absolute atomic E-state index is 6.40. The summed E-state index contributed by atoms with van der Waals surface area (Å²) in [6.07, 6.45) is 0. The first-order chi connectivity index (χ1) is 12.6. The Hall–Kier alpha value is -1.95. The number of hydrogen-bond donors (Lipinski definition) is 4. The van der Waals surface area contributed by atoms with Crippen LogP contribution in [0.15, 0.2) is 28.2 Å². The Morgan fingerprint density at radius 2 is 1.26 bits per heavy atom. The third-order valence-corrected chi connectivity index (χ3v) is 3.44. The van der Waals surface area contributed by atoms with E-state index < -0.39 is 0 Å². The molecule has 27 heavy (non-hydrogen) atoms. The minimum Gasteiger partial charge on any atom is -0.354 e. The monoisotopic (exact) mass is 394 g/mol. The molecule has 0 aliphatic carbocycles. The molecule has 0 bridgehead atoms. The van der Waals surface area contributed by atoms with Gasteiger partial charge in [0.2, 0.25) is 0 Å². The van der Waals surface area contributed by atoms with Crippen molar-refractivity contribution in [3.8, 4) is 0 Å². The number of aliphatic imine (C=N–C) groups is 2. The Labute approximate surface area is 169 Å². The third kappa shape index (κ3) is 9.52. The summed E-state index contributed by atoms with van der Waals surface area (Å²) in [6.45, 7) is 16.5. The first-order valence-corrected chi connectivity index (χ1v) is 9.96. The second kappa shape index (κ2) is 11.0. The molecular weight excluding hydrogens is 360 g/mol. The van der Waals surface area contributed by atoms with Crippen molar-refractivity contribution in [2.45, 2.75) is 79.6 Å². The molecule has 0 atom stereocenters. The van der Waals surface area contributed by atoms with Crippen molar-refractivity contribution < 1.29 is 0 Å². The molecule has 0 aliphatic heterocycles. The van der Waals surface area contributed by atoms with E-state index in [0.29, 0.717) is 11.0 Å². The quantitative estimate of drug-likeness (QED) is 0.417. The Balaban J connectivity index is 3.07. The Morgan fingerprint density at radius 1 is 0.778 bits per heavy atom. The van der Waals surface area contributed by atoms with Gasteiger partial charge in [-0.1, -0.05) is 11.6 Å². The van der Waals surface area contributed by atoms with Crippen molar-refractivity contribution >= 4 is 34.9 Å². The molecule has 0 unspecified atom stereocenters. The highest BCUT2D eigenvalue weighted by Gasteiger charge is 2.09. The van der Waals surface area contributed by atoms with Crippen molar-refractivity contribution in [1.29, 1.82) is 0 Å². The highest BCUT2D eigenvalue weighted by Crippen LogP contribution is 2.25. The second-order valence-corrected chi connectivity index (χ2v) is 8.09. The minimum absolute atomic E-state index is 0.166. The van der Waals surface area contributed by atoms with Gasteiger partial charge in [0.05, 0.1) is 10.7 Å². The summed E-state index contributed by atoms with van der Waals surface area (Å²) in [7, 11) is 0. The maximum Gasteiger partial charge on any atom is 0.196 e. The van der Waals surface area contributed by atoms with Crippen LogP contribution in [-0.4, -0.2) is 36.1 Å². The van der Waals surface area contributed by atoms with Gasteiger partial charge < -0.3 is 21.3 Å². The van der Waals surface area contributed by atoms with E-state index >= 15 is 0 Å². The van der Waals surface area contributed by atoms with Crippen LogP contribution in [0.1, 0.15) is 55.4 Å². The Morgan fingerprint density at radius 3 is 1.70 bits per heavy atom. The smallest absolute Gasteiger partial charge is 0.196 e. The zero-order valence-corrected chi connectivity index (χ0v) is 18.6. The molecule has 1 aromatic rings. The van der Waals surface area contributed by atoms with E-state index in [1.807, 2.05) is 45.9 Å². The molecule has 1 rings (SSSR count). The molecule has 0 spiro atoms. The fraction of sp³-hybridized carbons (Fsp3) is 0.600. The number of nitrogens with one attached hydrogen (secondary N) is 4. The minimum atomic E-state index is 0.166. The van der Waals surface area contributed by atoms with Gasteiger partial charge in [-0.05, 0) is 73.6 Å². The van der Waals surface area contributed by atoms with Gasteiger partial charge in [0.25, 0.3) is 0 Å². The lowest BCUT2D eigenvalue weighted by Gasteiger charge is -2.19. The average Bonchev–Trinajstić information content (AvgIpc) is 2.47. The average molecular weight is 395 g/mol. The van der Waals surface area contributed by atoms with E-state index in [2.05, 4.69) is 58.9 Å². The number of anilines is 2. The van der Waals surface area contributed by atoms with Gasteiger partial charge in [-0.2, -0.15) is 0 Å². The summed E-state index contributed by atoms with van der Waals surface area (Å²) in [5, 5.41) is 13.9. The second-order valence-electron chi connectivity index (χ2n) is 7.69. The fourth-order valence-electron chi connectivity index (χ4n) is 2.24. The van der Waals surface area contributed by atoms with Crippen molar-refractivity contribution in [3.05, 3.63) is 23.2 Å². The van der Waals surface area contributed by atoms with Gasteiger partial charge >= 0.3 is 0 Å². The first-order valence-electron chi connectivity index (χ1n) is 9.59. The lowest BCUT2D eigenvalue weighted by molar-refractivity contribution is 0.717. The number of hydrogen-bond acceptors (Lipinski definition) is 2. The molecule has 152 valence electrons. The number of rotatable bonds is 6. The molecule has 0 saturated carbocycles. The van der Waals surface area contributed by atoms with Crippen molar-refractivity contribution in [2.24, 2.45) is 9.98 Å². The predicted octanol–water partition coefficient (Wildman–Crippen LogP) is 4.69. The molecule has 7 heteroatoms. The molecule has 4 N–H and O–H groups in total. The lowest BCUT2D eigenvalue weighted by atomic mass is 10.2. The van der Waals surface area contributed by atoms with Crippen LogP contribution < -0.4 is 21.3 Å².